The van der Waals surface area contributed by atoms with Crippen LogP contribution in [0.4, 0.5) is 4.79 Å². The van der Waals surface area contributed by atoms with Gasteiger partial charge in [-0.3, -0.25) is 4.90 Å². The Bertz CT molecular complexity index is 1140. The van der Waals surface area contributed by atoms with Gasteiger partial charge < -0.3 is 10.1 Å². The summed E-state index contributed by atoms with van der Waals surface area (Å²) in [5, 5.41) is 7.93. The highest BCUT2D eigenvalue weighted by molar-refractivity contribution is 7.99. The minimum atomic E-state index is -0.581. The number of carbonyl (C=O) groups excluding carboxylic acids is 2. The first-order valence-electron chi connectivity index (χ1n) is 9.92. The third-order valence-electron chi connectivity index (χ3n) is 5.26. The predicted molar refractivity (Wildman–Crippen MR) is 113 cm³/mol. The van der Waals surface area contributed by atoms with E-state index >= 15 is 0 Å². The number of carbonyl (C=O) groups is 2. The molecule has 5 rings (SSSR count). The normalized spacial score (nSPS) is 18.9. The van der Waals surface area contributed by atoms with Crippen molar-refractivity contribution in [3.05, 3.63) is 65.6 Å². The number of methoxy groups -OCH3 is 1. The third-order valence-corrected chi connectivity index (χ3v) is 6.11. The van der Waals surface area contributed by atoms with Gasteiger partial charge in [-0.2, -0.15) is 4.98 Å². The van der Waals surface area contributed by atoms with Gasteiger partial charge in [0.15, 0.2) is 0 Å². The molecule has 2 aliphatic rings. The molecule has 10 heteroatoms. The molecule has 2 aromatic heterocycles. The number of hydrogen-bond acceptors (Lipinski definition) is 7. The molecular weight excluding hydrogens is 416 g/mol. The summed E-state index contributed by atoms with van der Waals surface area (Å²) in [5.41, 5.74) is 1.91. The zero-order valence-electron chi connectivity index (χ0n) is 16.8. The van der Waals surface area contributed by atoms with E-state index in [1.165, 1.54) is 18.9 Å². The van der Waals surface area contributed by atoms with Crippen molar-refractivity contribution in [1.82, 2.24) is 29.8 Å². The summed E-state index contributed by atoms with van der Waals surface area (Å²) < 4.78 is 6.72. The van der Waals surface area contributed by atoms with Crippen LogP contribution in [0.1, 0.15) is 24.4 Å². The highest BCUT2D eigenvalue weighted by atomic mass is 32.2. The number of fused-ring (bicyclic) bond motifs is 1. The lowest BCUT2D eigenvalue weighted by molar-refractivity contribution is -0.136. The maximum Gasteiger partial charge on any atom is 0.338 e. The Kier molecular flexibility index (Phi) is 5.06. The fourth-order valence-corrected chi connectivity index (χ4v) is 4.55. The Hall–Kier alpha value is -3.40. The van der Waals surface area contributed by atoms with Gasteiger partial charge in [-0.15, -0.1) is 5.10 Å². The molecule has 1 aliphatic carbocycles. The Balaban J connectivity index is 1.55. The minimum absolute atomic E-state index is 0.0858. The average Bonchev–Trinajstić information content (AvgIpc) is 3.55. The molecule has 0 unspecified atom stereocenters. The number of nitrogens with zero attached hydrogens (tertiary/aromatic N) is 5. The van der Waals surface area contributed by atoms with Crippen molar-refractivity contribution in [2.75, 3.05) is 12.9 Å². The molecule has 0 spiro atoms. The first-order valence-corrected chi connectivity index (χ1v) is 10.9. The van der Waals surface area contributed by atoms with Crippen molar-refractivity contribution in [3.8, 4) is 0 Å². The number of ether oxygens (including phenoxy) is 1. The Morgan fingerprint density at radius 3 is 2.77 bits per heavy atom. The SMILES string of the molecule is COC(=O)C1=C(CSc2nc3ncccn3n2)N(C2CC2)C(=O)N[C@@H]1c1ccccc1. The summed E-state index contributed by atoms with van der Waals surface area (Å²) in [5.74, 6) is 0.392. The molecule has 3 heterocycles. The fourth-order valence-electron chi connectivity index (χ4n) is 3.70. The molecular formula is C21H20N6O3S. The highest BCUT2D eigenvalue weighted by Gasteiger charge is 2.44. The number of aromatic nitrogens is 4. The molecule has 0 saturated heterocycles. The lowest BCUT2D eigenvalue weighted by atomic mass is 9.95. The monoisotopic (exact) mass is 436 g/mol. The van der Waals surface area contributed by atoms with Crippen LogP contribution in [0.15, 0.2) is 65.2 Å². The van der Waals surface area contributed by atoms with Crippen LogP contribution in [-0.2, 0) is 9.53 Å². The molecule has 1 atom stereocenters. The number of urea groups is 1. The lowest BCUT2D eigenvalue weighted by Crippen LogP contribution is -2.50. The topological polar surface area (TPSA) is 102 Å². The molecule has 2 amide bonds. The van der Waals surface area contributed by atoms with Gasteiger partial charge in [0.1, 0.15) is 0 Å². The van der Waals surface area contributed by atoms with Crippen LogP contribution >= 0.6 is 11.8 Å². The number of hydrogen-bond donors (Lipinski definition) is 1. The van der Waals surface area contributed by atoms with Crippen LogP contribution in [0, 0.1) is 0 Å². The van der Waals surface area contributed by atoms with E-state index in [1.807, 2.05) is 30.3 Å². The molecule has 31 heavy (non-hydrogen) atoms. The third kappa shape index (κ3) is 3.74. The second-order valence-electron chi connectivity index (χ2n) is 7.29. The molecule has 1 saturated carbocycles. The minimum Gasteiger partial charge on any atom is -0.466 e. The van der Waals surface area contributed by atoms with Gasteiger partial charge in [-0.25, -0.2) is 19.1 Å². The van der Waals surface area contributed by atoms with Gasteiger partial charge in [0.05, 0.1) is 18.7 Å². The second-order valence-corrected chi connectivity index (χ2v) is 8.24. The number of rotatable bonds is 6. The van der Waals surface area contributed by atoms with Gasteiger partial charge in [-0.05, 0) is 24.5 Å². The number of esters is 1. The largest absolute Gasteiger partial charge is 0.466 e. The molecule has 0 radical (unpaired) electrons. The summed E-state index contributed by atoms with van der Waals surface area (Å²) in [7, 11) is 1.36. The Labute approximate surface area is 182 Å². The van der Waals surface area contributed by atoms with Crippen molar-refractivity contribution in [1.29, 1.82) is 0 Å². The molecule has 0 bridgehead atoms. The van der Waals surface area contributed by atoms with Crippen LogP contribution in [0.2, 0.25) is 0 Å². The first-order chi connectivity index (χ1) is 15.2. The molecule has 1 aromatic carbocycles. The fraction of sp³-hybridized carbons (Fsp3) is 0.286. The maximum atomic E-state index is 13.1. The van der Waals surface area contributed by atoms with E-state index < -0.39 is 12.0 Å². The van der Waals surface area contributed by atoms with E-state index in [0.717, 1.165) is 18.4 Å². The van der Waals surface area contributed by atoms with E-state index in [2.05, 4.69) is 20.4 Å². The summed E-state index contributed by atoms with van der Waals surface area (Å²) in [6, 6.07) is 10.5. The van der Waals surface area contributed by atoms with Crippen molar-refractivity contribution >= 4 is 29.5 Å². The van der Waals surface area contributed by atoms with E-state index in [0.29, 0.717) is 28.0 Å². The predicted octanol–water partition coefficient (Wildman–Crippen LogP) is 2.57. The van der Waals surface area contributed by atoms with Gasteiger partial charge in [0.2, 0.25) is 5.16 Å². The number of nitrogens with one attached hydrogen (secondary N) is 1. The van der Waals surface area contributed by atoms with E-state index in [4.69, 9.17) is 4.74 Å². The number of benzene rings is 1. The smallest absolute Gasteiger partial charge is 0.338 e. The van der Waals surface area contributed by atoms with Crippen molar-refractivity contribution in [2.24, 2.45) is 0 Å². The second kappa shape index (κ2) is 8.03. The molecule has 1 fully saturated rings. The van der Waals surface area contributed by atoms with Crippen molar-refractivity contribution in [2.45, 2.75) is 30.1 Å². The first kappa shape index (κ1) is 19.6. The highest BCUT2D eigenvalue weighted by Crippen LogP contribution is 2.39. The summed E-state index contributed by atoms with van der Waals surface area (Å²) in [6.07, 6.45) is 5.24. The van der Waals surface area contributed by atoms with Gasteiger partial charge in [-0.1, -0.05) is 42.1 Å². The zero-order chi connectivity index (χ0) is 21.4. The molecule has 3 aromatic rings. The molecule has 1 aliphatic heterocycles. The summed E-state index contributed by atoms with van der Waals surface area (Å²) in [6.45, 7) is 0. The number of thioether (sulfide) groups is 1. The molecule has 1 N–H and O–H groups in total. The van der Waals surface area contributed by atoms with Gasteiger partial charge in [0.25, 0.3) is 5.78 Å². The van der Waals surface area contributed by atoms with Gasteiger partial charge in [0, 0.05) is 29.9 Å². The summed E-state index contributed by atoms with van der Waals surface area (Å²) >= 11 is 1.36. The Morgan fingerprint density at radius 1 is 1.26 bits per heavy atom. The lowest BCUT2D eigenvalue weighted by Gasteiger charge is -2.36. The molecule has 158 valence electrons. The van der Waals surface area contributed by atoms with Crippen molar-refractivity contribution in [3.63, 3.8) is 0 Å². The van der Waals surface area contributed by atoms with Gasteiger partial charge >= 0.3 is 12.0 Å². The maximum absolute atomic E-state index is 13.1. The average molecular weight is 436 g/mol. The van der Waals surface area contributed by atoms with E-state index in [1.54, 1.807) is 27.9 Å². The standard InChI is InChI=1S/C21H20N6O3S/c1-30-18(28)16-15(12-31-20-24-19-22-10-5-11-26(19)25-20)27(14-8-9-14)21(29)23-17(16)13-6-3-2-4-7-13/h2-7,10-11,14,17H,8-9,12H2,1H3,(H,23,29)/t17-/m1/s1. The summed E-state index contributed by atoms with van der Waals surface area (Å²) in [4.78, 5) is 36.2. The van der Waals surface area contributed by atoms with E-state index in [9.17, 15) is 9.59 Å². The zero-order valence-corrected chi connectivity index (χ0v) is 17.6. The van der Waals surface area contributed by atoms with Crippen LogP contribution in [-0.4, -0.2) is 55.4 Å². The van der Waals surface area contributed by atoms with Crippen LogP contribution in [0.5, 0.6) is 0 Å². The van der Waals surface area contributed by atoms with Crippen LogP contribution in [0.3, 0.4) is 0 Å². The Morgan fingerprint density at radius 2 is 2.06 bits per heavy atom. The van der Waals surface area contributed by atoms with E-state index in [-0.39, 0.29) is 12.1 Å². The van der Waals surface area contributed by atoms with Crippen LogP contribution in [0.25, 0.3) is 5.78 Å². The quantitative estimate of drug-likeness (QED) is 0.468. The molecule has 9 nitrogen and oxygen atoms in total. The number of amides is 2. The van der Waals surface area contributed by atoms with Crippen molar-refractivity contribution < 1.29 is 14.3 Å². The van der Waals surface area contributed by atoms with Crippen LogP contribution < -0.4 is 5.32 Å².